The van der Waals surface area contributed by atoms with Crippen LogP contribution in [0.3, 0.4) is 0 Å². The van der Waals surface area contributed by atoms with Gasteiger partial charge >= 0.3 is 0 Å². The molecule has 0 atom stereocenters. The number of anilines is 1. The first-order chi connectivity index (χ1) is 12.2. The van der Waals surface area contributed by atoms with Gasteiger partial charge in [0.15, 0.2) is 15.6 Å². The molecule has 3 N–H and O–H groups in total. The van der Waals surface area contributed by atoms with Crippen LogP contribution in [0.1, 0.15) is 6.92 Å². The summed E-state index contributed by atoms with van der Waals surface area (Å²) in [4.78, 5) is 12.6. The van der Waals surface area contributed by atoms with E-state index in [9.17, 15) is 18.3 Å². The van der Waals surface area contributed by atoms with Gasteiger partial charge in [-0.3, -0.25) is 10.2 Å². The smallest absolute Gasteiger partial charge is 0.235 e. The summed E-state index contributed by atoms with van der Waals surface area (Å²) in [6, 6.07) is 10.4. The minimum atomic E-state index is -3.35. The van der Waals surface area contributed by atoms with Crippen molar-refractivity contribution >= 4 is 44.7 Å². The first kappa shape index (κ1) is 20.5. The largest absolute Gasteiger partial charge is 0.502 e. The van der Waals surface area contributed by atoms with E-state index in [1.54, 1.807) is 19.1 Å². The number of fused-ring (bicyclic) bond motifs is 1. The first-order valence-corrected chi connectivity index (χ1v) is 9.48. The lowest BCUT2D eigenvalue weighted by atomic mass is 10.1. The van der Waals surface area contributed by atoms with E-state index in [1.807, 2.05) is 0 Å². The van der Waals surface area contributed by atoms with E-state index >= 15 is 0 Å². The van der Waals surface area contributed by atoms with Crippen molar-refractivity contribution in [2.75, 3.05) is 11.6 Å². The molecular weight excluding hydrogens is 392 g/mol. The number of hydrogen-bond acceptors (Lipinski definition) is 6. The number of halogens is 1. The number of benzene rings is 2. The summed E-state index contributed by atoms with van der Waals surface area (Å²) in [5.74, 6) is -0.389. The van der Waals surface area contributed by atoms with Gasteiger partial charge in [-0.25, -0.2) is 8.42 Å². The second-order valence-corrected chi connectivity index (χ2v) is 7.88. The van der Waals surface area contributed by atoms with Crippen molar-refractivity contribution < 1.29 is 17.9 Å². The monoisotopic (exact) mass is 408 g/mol. The molecule has 7 nitrogen and oxygen atoms in total. The fourth-order valence-electron chi connectivity index (χ4n) is 2.53. The predicted octanol–water partition coefficient (Wildman–Crippen LogP) is 3.40. The van der Waals surface area contributed by atoms with Gasteiger partial charge in [0.1, 0.15) is 5.58 Å². The highest BCUT2D eigenvalue weighted by Gasteiger charge is 2.16. The fraction of sp³-hybridized carbons (Fsp3) is 0.111. The summed E-state index contributed by atoms with van der Waals surface area (Å²) in [5, 5.41) is 20.6. The Labute approximate surface area is 161 Å². The summed E-state index contributed by atoms with van der Waals surface area (Å²) < 4.78 is 28.7. The van der Waals surface area contributed by atoms with Crippen LogP contribution in [0.25, 0.3) is 22.3 Å². The molecule has 0 amide bonds. The Balaban J connectivity index is 0.00000261. The van der Waals surface area contributed by atoms with E-state index in [1.165, 1.54) is 30.3 Å². The molecule has 1 heterocycles. The van der Waals surface area contributed by atoms with Gasteiger partial charge in [-0.2, -0.15) is 0 Å². The van der Waals surface area contributed by atoms with Gasteiger partial charge in [0, 0.05) is 17.5 Å². The van der Waals surface area contributed by atoms with Gasteiger partial charge in [-0.15, -0.1) is 12.4 Å². The van der Waals surface area contributed by atoms with Gasteiger partial charge in [0.25, 0.3) is 0 Å². The van der Waals surface area contributed by atoms with Crippen LogP contribution in [0.5, 0.6) is 5.75 Å². The second-order valence-electron chi connectivity index (χ2n) is 5.87. The lowest BCUT2D eigenvalue weighted by Crippen LogP contribution is -2.07. The average molecular weight is 409 g/mol. The van der Waals surface area contributed by atoms with E-state index in [0.717, 1.165) is 6.26 Å². The van der Waals surface area contributed by atoms with Crippen molar-refractivity contribution in [3.05, 3.63) is 52.7 Å². The number of aromatic hydroxyl groups is 1. The molecule has 3 aromatic rings. The minimum Gasteiger partial charge on any atom is -0.502 e. The molecular formula is C18H17ClN2O5S. The number of amidine groups is 1. The zero-order valence-corrected chi connectivity index (χ0v) is 16.1. The molecule has 9 heteroatoms. The lowest BCUT2D eigenvalue weighted by molar-refractivity contribution is 0.449. The summed E-state index contributed by atoms with van der Waals surface area (Å²) >= 11 is 0. The van der Waals surface area contributed by atoms with Crippen molar-refractivity contribution in [3.8, 4) is 17.1 Å². The Bertz CT molecular complexity index is 1180. The van der Waals surface area contributed by atoms with Gasteiger partial charge < -0.3 is 14.8 Å². The van der Waals surface area contributed by atoms with E-state index < -0.39 is 21.0 Å². The molecule has 142 valence electrons. The predicted molar refractivity (Wildman–Crippen MR) is 107 cm³/mol. The maximum absolute atomic E-state index is 12.5. The van der Waals surface area contributed by atoms with Gasteiger partial charge in [0.05, 0.1) is 16.1 Å². The van der Waals surface area contributed by atoms with Crippen LogP contribution in [0.4, 0.5) is 5.69 Å². The third-order valence-corrected chi connectivity index (χ3v) is 4.87. The number of rotatable bonds is 3. The van der Waals surface area contributed by atoms with E-state index in [0.29, 0.717) is 11.3 Å². The Hall–Kier alpha value is -2.84. The van der Waals surface area contributed by atoms with Crippen molar-refractivity contribution in [2.45, 2.75) is 11.8 Å². The number of sulfone groups is 1. The molecule has 2 aromatic carbocycles. The molecule has 0 radical (unpaired) electrons. The van der Waals surface area contributed by atoms with Crippen LogP contribution < -0.4 is 10.7 Å². The van der Waals surface area contributed by atoms with E-state index in [2.05, 4.69) is 5.32 Å². The molecule has 3 rings (SSSR count). The molecule has 0 saturated heterocycles. The highest BCUT2D eigenvalue weighted by molar-refractivity contribution is 7.90. The van der Waals surface area contributed by atoms with Crippen molar-refractivity contribution in [1.82, 2.24) is 0 Å². The average Bonchev–Trinajstić information content (AvgIpc) is 2.57. The Kier molecular flexibility index (Phi) is 5.62. The van der Waals surface area contributed by atoms with Gasteiger partial charge in [-0.05, 0) is 49.4 Å². The molecule has 0 fully saturated rings. The Morgan fingerprint density at radius 1 is 1.15 bits per heavy atom. The van der Waals surface area contributed by atoms with Gasteiger partial charge in [-0.1, -0.05) is 0 Å². The summed E-state index contributed by atoms with van der Waals surface area (Å²) in [7, 11) is -3.35. The molecule has 0 aliphatic rings. The minimum absolute atomic E-state index is 0. The van der Waals surface area contributed by atoms with Crippen molar-refractivity contribution in [1.29, 1.82) is 5.41 Å². The quantitative estimate of drug-likeness (QED) is 0.451. The number of nitrogens with one attached hydrogen (secondary N) is 2. The molecule has 0 unspecified atom stereocenters. The molecule has 27 heavy (non-hydrogen) atoms. The molecule has 0 aliphatic heterocycles. The van der Waals surface area contributed by atoms with E-state index in [-0.39, 0.29) is 39.9 Å². The Morgan fingerprint density at radius 3 is 2.33 bits per heavy atom. The van der Waals surface area contributed by atoms with Crippen molar-refractivity contribution in [3.63, 3.8) is 0 Å². The molecule has 1 aromatic heterocycles. The SMILES string of the molecule is CC(=N)Nc1ccc2oc(-c3ccc(S(C)(=O)=O)cc3)c(O)c(=O)c2c1.Cl. The van der Waals surface area contributed by atoms with Crippen LogP contribution in [-0.4, -0.2) is 25.6 Å². The van der Waals surface area contributed by atoms with Crippen molar-refractivity contribution in [2.24, 2.45) is 0 Å². The summed E-state index contributed by atoms with van der Waals surface area (Å²) in [6.07, 6.45) is 1.09. The highest BCUT2D eigenvalue weighted by Crippen LogP contribution is 2.31. The molecule has 0 spiro atoms. The van der Waals surface area contributed by atoms with Crippen LogP contribution in [0, 0.1) is 5.41 Å². The first-order valence-electron chi connectivity index (χ1n) is 7.59. The fourth-order valence-corrected chi connectivity index (χ4v) is 3.16. The topological polar surface area (TPSA) is 120 Å². The lowest BCUT2D eigenvalue weighted by Gasteiger charge is -2.09. The molecule has 0 saturated carbocycles. The van der Waals surface area contributed by atoms with Gasteiger partial charge in [0.2, 0.25) is 11.2 Å². The van der Waals surface area contributed by atoms with Crippen LogP contribution in [-0.2, 0) is 9.84 Å². The maximum Gasteiger partial charge on any atom is 0.235 e. The standard InChI is InChI=1S/C18H16N2O5S.ClH/c1-10(19)20-12-5-8-15-14(9-12)16(21)17(22)18(25-15)11-3-6-13(7-4-11)26(2,23)24;/h3-9,22H,1-2H3,(H2,19,20);1H. The third kappa shape index (κ3) is 4.12. The van der Waals surface area contributed by atoms with Crippen LogP contribution >= 0.6 is 12.4 Å². The third-order valence-electron chi connectivity index (χ3n) is 3.74. The number of hydrogen-bond donors (Lipinski definition) is 3. The normalized spacial score (nSPS) is 11.0. The maximum atomic E-state index is 12.5. The second kappa shape index (κ2) is 7.42. The molecule has 0 aliphatic carbocycles. The zero-order valence-electron chi connectivity index (χ0n) is 14.4. The highest BCUT2D eigenvalue weighted by atomic mass is 35.5. The van der Waals surface area contributed by atoms with E-state index in [4.69, 9.17) is 9.83 Å². The zero-order chi connectivity index (χ0) is 19.1. The molecule has 0 bridgehead atoms. The Morgan fingerprint density at radius 2 is 1.78 bits per heavy atom. The van der Waals surface area contributed by atoms with Crippen LogP contribution in [0.15, 0.2) is 56.6 Å². The van der Waals surface area contributed by atoms with Crippen LogP contribution in [0.2, 0.25) is 0 Å². The summed E-state index contributed by atoms with van der Waals surface area (Å²) in [5.41, 5.74) is 0.566. The summed E-state index contributed by atoms with van der Waals surface area (Å²) in [6.45, 7) is 1.56.